The number of aliphatic carboxylic acids is 1. The average Bonchev–Trinajstić information content (AvgIpc) is 2.83. The molecule has 12 nitrogen and oxygen atoms in total. The van der Waals surface area contributed by atoms with Gasteiger partial charge >= 0.3 is 5.97 Å². The van der Waals surface area contributed by atoms with Crippen molar-refractivity contribution in [1.29, 1.82) is 0 Å². The number of hydrogen-bond acceptors (Lipinski definition) is 9. The van der Waals surface area contributed by atoms with Crippen LogP contribution in [0.1, 0.15) is 11.3 Å². The van der Waals surface area contributed by atoms with Gasteiger partial charge in [-0.3, -0.25) is 39.8 Å². The normalized spacial score (nSPS) is 9.43. The number of carbonyl (C=O) groups is 2. The maximum atomic E-state index is 12.1. The minimum absolute atomic E-state index is 0. The number of aromatic nitrogens is 1. The summed E-state index contributed by atoms with van der Waals surface area (Å²) in [5.41, 5.74) is 1.51. The first kappa shape index (κ1) is 36.4. The maximum Gasteiger partial charge on any atom is 0.317 e. The van der Waals surface area contributed by atoms with Crippen LogP contribution >= 0.6 is 0 Å². The van der Waals surface area contributed by atoms with Crippen LogP contribution in [0.15, 0.2) is 53.6 Å². The quantitative estimate of drug-likeness (QED) is 0.231. The molecule has 14 heteroatoms. The van der Waals surface area contributed by atoms with Crippen LogP contribution in [0.3, 0.4) is 0 Å². The van der Waals surface area contributed by atoms with Crippen molar-refractivity contribution in [2.24, 2.45) is 5.14 Å². The molecule has 0 unspecified atom stereocenters. The third-order valence-corrected chi connectivity index (χ3v) is 4.75. The number of pyridine rings is 1. The monoisotopic (exact) mass is 592 g/mol. The van der Waals surface area contributed by atoms with Gasteiger partial charge in [0.05, 0.1) is 23.7 Å². The molecule has 35 heavy (non-hydrogen) atoms. The Morgan fingerprint density at radius 1 is 0.971 bits per heavy atom. The Labute approximate surface area is 217 Å². The van der Waals surface area contributed by atoms with Crippen LogP contribution in [-0.4, -0.2) is 75.3 Å². The number of carboxylic acid groups (broad SMARTS) is 1. The van der Waals surface area contributed by atoms with Crippen LogP contribution in [0, 0.1) is 0 Å². The summed E-state index contributed by atoms with van der Waals surface area (Å²) in [6, 6.07) is 11.4. The zero-order valence-corrected chi connectivity index (χ0v) is 21.1. The van der Waals surface area contributed by atoms with Crippen LogP contribution < -0.4 is 10.5 Å². The molecule has 1 aromatic carbocycles. The number of benzene rings is 1. The summed E-state index contributed by atoms with van der Waals surface area (Å²) < 4.78 is 22.5. The molecule has 1 heterocycles. The Morgan fingerprint density at radius 3 is 2.00 bits per heavy atom. The van der Waals surface area contributed by atoms with Crippen molar-refractivity contribution in [3.05, 3.63) is 59.9 Å². The van der Waals surface area contributed by atoms with Crippen molar-refractivity contribution >= 4 is 42.3 Å². The van der Waals surface area contributed by atoms with Crippen LogP contribution in [0.25, 0.3) is 0 Å². The Balaban J connectivity index is -0.00000135. The predicted molar refractivity (Wildman–Crippen MR) is 122 cm³/mol. The molecule has 1 amide bonds. The fourth-order valence-electron chi connectivity index (χ4n) is 2.53. The molecule has 193 valence electrons. The van der Waals surface area contributed by atoms with Gasteiger partial charge in [0.1, 0.15) is 0 Å². The summed E-state index contributed by atoms with van der Waals surface area (Å²) >= 11 is 0. The van der Waals surface area contributed by atoms with Crippen molar-refractivity contribution in [3.63, 3.8) is 0 Å². The van der Waals surface area contributed by atoms with Gasteiger partial charge in [0, 0.05) is 39.4 Å². The van der Waals surface area contributed by atoms with Gasteiger partial charge in [0.15, 0.2) is 0 Å². The third-order valence-electron chi connectivity index (χ3n) is 3.83. The van der Waals surface area contributed by atoms with E-state index in [2.05, 4.69) is 30.7 Å². The van der Waals surface area contributed by atoms with Crippen LogP contribution in [-0.2, 0) is 67.1 Å². The zero-order chi connectivity index (χ0) is 26.6. The smallest absolute Gasteiger partial charge is 0.317 e. The van der Waals surface area contributed by atoms with Gasteiger partial charge in [-0.25, -0.2) is 13.6 Å². The van der Waals surface area contributed by atoms with E-state index in [0.717, 1.165) is 5.56 Å². The first-order chi connectivity index (χ1) is 16.2. The number of carboxylic acids is 1. The van der Waals surface area contributed by atoms with E-state index in [-0.39, 0.29) is 50.5 Å². The van der Waals surface area contributed by atoms with E-state index < -0.39 is 16.0 Å². The van der Waals surface area contributed by atoms with Gasteiger partial charge in [-0.15, -0.1) is 0 Å². The number of nitrogens with zero attached hydrogens (tertiary/aromatic N) is 2. The second kappa shape index (κ2) is 21.4. The SMILES string of the molecule is NS(=O)(=O)c1ccc(CCNC(=O)CN(CC(=O)O)Cc2ccccn2)cc1.[99Tc].[CH-]=O.[CH-]=O.[CH-]=O. The van der Waals surface area contributed by atoms with Crippen molar-refractivity contribution in [1.82, 2.24) is 15.2 Å². The Bertz CT molecular complexity index is 958. The molecule has 0 fully saturated rings. The van der Waals surface area contributed by atoms with Crippen molar-refractivity contribution in [2.75, 3.05) is 19.6 Å². The first-order valence-electron chi connectivity index (χ1n) is 9.17. The van der Waals surface area contributed by atoms with Crippen molar-refractivity contribution < 1.29 is 57.6 Å². The van der Waals surface area contributed by atoms with Crippen molar-refractivity contribution in [3.8, 4) is 0 Å². The van der Waals surface area contributed by atoms with Gasteiger partial charge in [-0.2, -0.15) is 0 Å². The summed E-state index contributed by atoms with van der Waals surface area (Å²) in [6.45, 7) is 9.97. The molecule has 0 bridgehead atoms. The minimum atomic E-state index is -3.73. The molecule has 0 aliphatic rings. The standard InChI is InChI=1S/C18H22N4O5S.3CHO.Tc/c19-28(26,27)16-6-4-14(5-7-16)8-10-21-17(23)12-22(13-18(24)25)11-15-3-1-2-9-20-15;3*1-2;/h1-7,9H,8,10-13H2,(H,21,23)(H,24,25)(H2,19,26,27);3*1H;/q;3*-1;/i;;;;1+1. The largest absolute Gasteiger partial charge is 0.545 e. The van der Waals surface area contributed by atoms with Crippen LogP contribution in [0.5, 0.6) is 0 Å². The van der Waals surface area contributed by atoms with E-state index in [1.54, 1.807) is 36.5 Å². The molecular weight excluding hydrogens is 567 g/mol. The summed E-state index contributed by atoms with van der Waals surface area (Å²) in [5.74, 6) is -1.34. The molecule has 2 aromatic rings. The van der Waals surface area contributed by atoms with Crippen molar-refractivity contribution in [2.45, 2.75) is 17.9 Å². The number of amides is 1. The summed E-state index contributed by atoms with van der Waals surface area (Å²) in [6.07, 6.45) is 2.10. The Hall–Kier alpha value is -3.16. The van der Waals surface area contributed by atoms with Gasteiger partial charge in [0.2, 0.25) is 15.9 Å². The molecule has 0 spiro atoms. The third kappa shape index (κ3) is 17.0. The average molecular weight is 592 g/mol. The fraction of sp³-hybridized carbons (Fsp3) is 0.238. The van der Waals surface area contributed by atoms with Gasteiger partial charge in [-0.1, -0.05) is 18.2 Å². The number of nitrogens with one attached hydrogen (secondary N) is 1. The van der Waals surface area contributed by atoms with E-state index >= 15 is 0 Å². The predicted octanol–water partition coefficient (Wildman–Crippen LogP) is -0.850. The Morgan fingerprint density at radius 2 is 1.54 bits per heavy atom. The number of sulfonamides is 1. The molecule has 0 atom stereocenters. The zero-order valence-electron chi connectivity index (χ0n) is 18.4. The second-order valence-electron chi connectivity index (χ2n) is 6.15. The van der Waals surface area contributed by atoms with E-state index in [1.807, 2.05) is 0 Å². The van der Waals surface area contributed by atoms with E-state index in [4.69, 9.17) is 24.6 Å². The molecule has 0 aliphatic carbocycles. The summed E-state index contributed by atoms with van der Waals surface area (Å²) in [7, 11) is -3.73. The van der Waals surface area contributed by atoms with Gasteiger partial charge in [-0.05, 0) is 36.2 Å². The number of nitrogens with two attached hydrogens (primary N) is 1. The van der Waals surface area contributed by atoms with Crippen LogP contribution in [0.2, 0.25) is 0 Å². The summed E-state index contributed by atoms with van der Waals surface area (Å²) in [4.78, 5) is 52.1. The van der Waals surface area contributed by atoms with E-state index in [0.29, 0.717) is 18.7 Å². The number of hydrogen-bond donors (Lipinski definition) is 3. The van der Waals surface area contributed by atoms with Gasteiger partial charge in [0.25, 0.3) is 0 Å². The fourth-order valence-corrected chi connectivity index (χ4v) is 3.05. The molecule has 0 saturated heterocycles. The van der Waals surface area contributed by atoms with E-state index in [1.165, 1.54) is 17.0 Å². The number of carbonyl (C=O) groups excluding carboxylic acids is 4. The number of primary sulfonamides is 1. The maximum absolute atomic E-state index is 12.1. The molecule has 1 aromatic heterocycles. The Kier molecular flexibility index (Phi) is 22.2. The minimum Gasteiger partial charge on any atom is -0.545 e. The first-order valence-corrected chi connectivity index (χ1v) is 10.7. The van der Waals surface area contributed by atoms with Gasteiger partial charge < -0.3 is 24.8 Å². The molecule has 0 aliphatic heterocycles. The summed E-state index contributed by atoms with van der Waals surface area (Å²) in [5, 5.41) is 16.8. The molecule has 0 saturated carbocycles. The molecule has 4 N–H and O–H groups in total. The number of rotatable bonds is 10. The van der Waals surface area contributed by atoms with Crippen LogP contribution in [0.4, 0.5) is 0 Å². The second-order valence-corrected chi connectivity index (χ2v) is 7.71. The topological polar surface area (TPSA) is 194 Å². The molecular formula is C21H25N4O8STc-3. The molecule has 2 rings (SSSR count). The molecule has 1 radical (unpaired) electrons. The van der Waals surface area contributed by atoms with E-state index in [9.17, 15) is 18.0 Å².